The lowest BCUT2D eigenvalue weighted by Crippen LogP contribution is -2.27. The summed E-state index contributed by atoms with van der Waals surface area (Å²) in [6, 6.07) is 7.80. The number of hydrogen-bond acceptors (Lipinski definition) is 3. The number of carbonyl (C=O) groups is 1. The van der Waals surface area contributed by atoms with Gasteiger partial charge >= 0.3 is 0 Å². The van der Waals surface area contributed by atoms with Crippen LogP contribution in [0, 0.1) is 6.92 Å². The molecule has 0 saturated carbocycles. The molecule has 1 aliphatic heterocycles. The minimum atomic E-state index is -0.0816. The topological polar surface area (TPSA) is 54.0 Å². The van der Waals surface area contributed by atoms with Gasteiger partial charge in [-0.05, 0) is 48.7 Å². The summed E-state index contributed by atoms with van der Waals surface area (Å²) in [5.41, 5.74) is 4.87. The van der Waals surface area contributed by atoms with Crippen molar-refractivity contribution in [3.05, 3.63) is 58.9 Å². The van der Waals surface area contributed by atoms with Gasteiger partial charge in [-0.2, -0.15) is 0 Å². The molecule has 20 heavy (non-hydrogen) atoms. The van der Waals surface area contributed by atoms with E-state index in [9.17, 15) is 4.79 Å². The number of amides is 1. The third kappa shape index (κ3) is 2.56. The summed E-state index contributed by atoms with van der Waals surface area (Å²) in [5.74, 6) is -0.0816. The average molecular weight is 267 g/mol. The van der Waals surface area contributed by atoms with E-state index in [0.717, 1.165) is 41.9 Å². The first kappa shape index (κ1) is 12.8. The molecule has 102 valence electrons. The first-order valence-corrected chi connectivity index (χ1v) is 6.78. The fourth-order valence-electron chi connectivity index (χ4n) is 2.53. The van der Waals surface area contributed by atoms with Gasteiger partial charge in [0.2, 0.25) is 0 Å². The van der Waals surface area contributed by atoms with Gasteiger partial charge in [0.05, 0.1) is 5.56 Å². The van der Waals surface area contributed by atoms with Crippen LogP contribution in [0.4, 0.5) is 5.69 Å². The molecule has 0 unspecified atom stereocenters. The predicted octanol–water partition coefficient (Wildman–Crippen LogP) is 2.29. The molecule has 0 atom stereocenters. The first-order chi connectivity index (χ1) is 9.74. The van der Waals surface area contributed by atoms with Crippen LogP contribution in [0.1, 0.15) is 27.0 Å². The molecule has 0 saturated heterocycles. The highest BCUT2D eigenvalue weighted by atomic mass is 16.1. The Hall–Kier alpha value is -2.20. The van der Waals surface area contributed by atoms with E-state index in [1.807, 2.05) is 37.4 Å². The van der Waals surface area contributed by atoms with Crippen molar-refractivity contribution in [3.8, 4) is 0 Å². The monoisotopic (exact) mass is 267 g/mol. The lowest BCUT2D eigenvalue weighted by Gasteiger charge is -2.19. The number of nitrogens with one attached hydrogen (secondary N) is 2. The second kappa shape index (κ2) is 5.43. The number of aromatic nitrogens is 1. The summed E-state index contributed by atoms with van der Waals surface area (Å²) in [6.45, 7) is 3.70. The summed E-state index contributed by atoms with van der Waals surface area (Å²) < 4.78 is 0. The molecule has 1 amide bonds. The zero-order valence-corrected chi connectivity index (χ0v) is 11.4. The third-order valence-corrected chi connectivity index (χ3v) is 3.53. The minimum Gasteiger partial charge on any atom is -0.322 e. The number of rotatable bonds is 2. The molecule has 0 aliphatic carbocycles. The number of pyridine rings is 1. The summed E-state index contributed by atoms with van der Waals surface area (Å²) in [4.78, 5) is 16.6. The van der Waals surface area contributed by atoms with Crippen LogP contribution in [-0.4, -0.2) is 17.4 Å². The molecule has 3 rings (SSSR count). The van der Waals surface area contributed by atoms with E-state index in [-0.39, 0.29) is 5.91 Å². The summed E-state index contributed by atoms with van der Waals surface area (Å²) >= 11 is 0. The van der Waals surface area contributed by atoms with Crippen LogP contribution in [0.3, 0.4) is 0 Å². The molecule has 0 bridgehead atoms. The second-order valence-corrected chi connectivity index (χ2v) is 5.08. The molecule has 0 radical (unpaired) electrons. The number of fused-ring (bicyclic) bond motifs is 1. The van der Waals surface area contributed by atoms with Gasteiger partial charge in [-0.25, -0.2) is 0 Å². The number of carbonyl (C=O) groups excluding carboxylic acids is 1. The van der Waals surface area contributed by atoms with Crippen LogP contribution in [0.2, 0.25) is 0 Å². The first-order valence-electron chi connectivity index (χ1n) is 6.78. The van der Waals surface area contributed by atoms with Crippen molar-refractivity contribution in [1.82, 2.24) is 10.3 Å². The van der Waals surface area contributed by atoms with Crippen molar-refractivity contribution >= 4 is 11.6 Å². The maximum Gasteiger partial charge on any atom is 0.257 e. The molecule has 4 heteroatoms. The van der Waals surface area contributed by atoms with Crippen molar-refractivity contribution < 1.29 is 4.79 Å². The Morgan fingerprint density at radius 3 is 3.10 bits per heavy atom. The molecule has 0 fully saturated rings. The molecule has 4 nitrogen and oxygen atoms in total. The van der Waals surface area contributed by atoms with Crippen molar-refractivity contribution in [1.29, 1.82) is 0 Å². The summed E-state index contributed by atoms with van der Waals surface area (Å²) in [5, 5.41) is 6.24. The minimum absolute atomic E-state index is 0.0816. The van der Waals surface area contributed by atoms with E-state index in [4.69, 9.17) is 0 Å². The Kier molecular flexibility index (Phi) is 3.48. The maximum absolute atomic E-state index is 12.4. The van der Waals surface area contributed by atoms with Crippen LogP contribution in [0.15, 0.2) is 36.7 Å². The van der Waals surface area contributed by atoms with Crippen LogP contribution >= 0.6 is 0 Å². The van der Waals surface area contributed by atoms with E-state index < -0.39 is 0 Å². The van der Waals surface area contributed by atoms with E-state index in [0.29, 0.717) is 5.56 Å². The molecule has 2 heterocycles. The van der Waals surface area contributed by atoms with Gasteiger partial charge in [0, 0.05) is 24.6 Å². The highest BCUT2D eigenvalue weighted by Gasteiger charge is 2.18. The highest BCUT2D eigenvalue weighted by molar-refractivity contribution is 6.05. The largest absolute Gasteiger partial charge is 0.322 e. The maximum atomic E-state index is 12.4. The SMILES string of the molecule is Cc1cccc(NC(=O)c2cncc3c2CCNC3)c1. The zero-order valence-electron chi connectivity index (χ0n) is 11.4. The smallest absolute Gasteiger partial charge is 0.257 e. The Morgan fingerprint density at radius 2 is 2.25 bits per heavy atom. The summed E-state index contributed by atoms with van der Waals surface area (Å²) in [6.07, 6.45) is 4.37. The standard InChI is InChI=1S/C16H17N3O/c1-11-3-2-4-13(7-11)19-16(20)15-10-18-9-12-8-17-6-5-14(12)15/h2-4,7,9-10,17H,5-6,8H2,1H3,(H,19,20). The van der Waals surface area contributed by atoms with E-state index >= 15 is 0 Å². The molecule has 0 spiro atoms. The van der Waals surface area contributed by atoms with Crippen molar-refractivity contribution in [2.75, 3.05) is 11.9 Å². The Morgan fingerprint density at radius 1 is 1.35 bits per heavy atom. The van der Waals surface area contributed by atoms with Crippen LogP contribution in [-0.2, 0) is 13.0 Å². The normalized spacial score (nSPS) is 13.7. The highest BCUT2D eigenvalue weighted by Crippen LogP contribution is 2.19. The Labute approximate surface area is 118 Å². The van der Waals surface area contributed by atoms with Gasteiger partial charge in [-0.15, -0.1) is 0 Å². The molecular formula is C16H17N3O. The second-order valence-electron chi connectivity index (χ2n) is 5.08. The van der Waals surface area contributed by atoms with Crippen molar-refractivity contribution in [2.45, 2.75) is 19.9 Å². The fraction of sp³-hybridized carbons (Fsp3) is 0.250. The number of benzene rings is 1. The molecule has 1 aliphatic rings. The Bertz CT molecular complexity index is 652. The molecule has 1 aromatic heterocycles. The zero-order chi connectivity index (χ0) is 13.9. The van der Waals surface area contributed by atoms with Gasteiger partial charge in [-0.1, -0.05) is 12.1 Å². The van der Waals surface area contributed by atoms with Crippen LogP contribution in [0.5, 0.6) is 0 Å². The fourth-order valence-corrected chi connectivity index (χ4v) is 2.53. The number of nitrogens with zero attached hydrogens (tertiary/aromatic N) is 1. The van der Waals surface area contributed by atoms with Crippen LogP contribution in [0.25, 0.3) is 0 Å². The van der Waals surface area contributed by atoms with Crippen LogP contribution < -0.4 is 10.6 Å². The predicted molar refractivity (Wildman–Crippen MR) is 78.8 cm³/mol. The van der Waals surface area contributed by atoms with Crippen molar-refractivity contribution in [2.24, 2.45) is 0 Å². The number of anilines is 1. The number of hydrogen-bond donors (Lipinski definition) is 2. The van der Waals surface area contributed by atoms with Gasteiger partial charge in [0.25, 0.3) is 5.91 Å². The van der Waals surface area contributed by atoms with Gasteiger partial charge in [0.1, 0.15) is 0 Å². The summed E-state index contributed by atoms with van der Waals surface area (Å²) in [7, 11) is 0. The molecule has 1 aromatic carbocycles. The quantitative estimate of drug-likeness (QED) is 0.877. The van der Waals surface area contributed by atoms with Gasteiger partial charge in [-0.3, -0.25) is 9.78 Å². The third-order valence-electron chi connectivity index (χ3n) is 3.53. The molecule has 2 N–H and O–H groups in total. The van der Waals surface area contributed by atoms with E-state index in [1.165, 1.54) is 0 Å². The molecule has 2 aromatic rings. The Balaban J connectivity index is 1.88. The van der Waals surface area contributed by atoms with E-state index in [2.05, 4.69) is 15.6 Å². The number of aryl methyl sites for hydroxylation is 1. The van der Waals surface area contributed by atoms with E-state index in [1.54, 1.807) is 6.20 Å². The van der Waals surface area contributed by atoms with Crippen molar-refractivity contribution in [3.63, 3.8) is 0 Å². The molecular weight excluding hydrogens is 250 g/mol. The van der Waals surface area contributed by atoms with Gasteiger partial charge in [0.15, 0.2) is 0 Å². The lowest BCUT2D eigenvalue weighted by atomic mass is 9.98. The average Bonchev–Trinajstić information content (AvgIpc) is 2.46. The lowest BCUT2D eigenvalue weighted by molar-refractivity contribution is 0.102. The van der Waals surface area contributed by atoms with Gasteiger partial charge < -0.3 is 10.6 Å².